The van der Waals surface area contributed by atoms with Crippen LogP contribution in [0.3, 0.4) is 0 Å². The summed E-state index contributed by atoms with van der Waals surface area (Å²) in [5, 5.41) is 0. The zero-order chi connectivity index (χ0) is 20.3. The monoisotopic (exact) mass is 396 g/mol. The lowest BCUT2D eigenvalue weighted by Gasteiger charge is -2.44. The first-order valence-electron chi connectivity index (χ1n) is 10.9. The molecular weight excluding hydrogens is 356 g/mol. The molecule has 2 aliphatic rings. The van der Waals surface area contributed by atoms with Crippen LogP contribution in [0.5, 0.6) is 0 Å². The lowest BCUT2D eigenvalue weighted by Crippen LogP contribution is -2.62. The Morgan fingerprint density at radius 2 is 0.926 bits per heavy atom. The zero-order valence-electron chi connectivity index (χ0n) is 18.4. The lowest BCUT2D eigenvalue weighted by molar-refractivity contribution is 0.0609. The molecule has 0 spiro atoms. The Labute approximate surface area is 166 Å². The van der Waals surface area contributed by atoms with Crippen LogP contribution in [-0.2, 0) is 9.47 Å². The number of rotatable bonds is 4. The highest BCUT2D eigenvalue weighted by atomic mass is 28.3. The average Bonchev–Trinajstić information content (AvgIpc) is 2.54. The fourth-order valence-corrected chi connectivity index (χ4v) is 10.7. The van der Waals surface area contributed by atoms with Crippen LogP contribution in [0.25, 0.3) is 0 Å². The smallest absolute Gasteiger partial charge is 0.317 e. The zero-order valence-corrected chi connectivity index (χ0v) is 19.4. The summed E-state index contributed by atoms with van der Waals surface area (Å²) in [4.78, 5) is 27.5. The molecule has 2 aliphatic carbocycles. The van der Waals surface area contributed by atoms with Gasteiger partial charge in [-0.25, -0.2) is 0 Å². The molecule has 0 unspecified atom stereocenters. The Balaban J connectivity index is 2.51. The van der Waals surface area contributed by atoms with Crippen molar-refractivity contribution < 1.29 is 19.1 Å². The molecule has 0 aromatic heterocycles. The molecule has 0 heterocycles. The van der Waals surface area contributed by atoms with Crippen LogP contribution in [0.2, 0.25) is 11.1 Å². The highest BCUT2D eigenvalue weighted by Gasteiger charge is 2.64. The minimum Gasteiger partial charge on any atom is -0.464 e. The predicted molar refractivity (Wildman–Crippen MR) is 112 cm³/mol. The number of ether oxygens (including phenoxy) is 2. The van der Waals surface area contributed by atoms with Gasteiger partial charge in [0.25, 0.3) is 11.2 Å². The van der Waals surface area contributed by atoms with Crippen LogP contribution in [0.15, 0.2) is 0 Å². The fraction of sp³-hybridized carbons (Fsp3) is 0.909. The van der Waals surface area contributed by atoms with Crippen molar-refractivity contribution in [2.75, 3.05) is 0 Å². The second-order valence-electron chi connectivity index (χ2n) is 10.5. The molecule has 0 N–H and O–H groups in total. The van der Waals surface area contributed by atoms with E-state index in [1.54, 1.807) is 0 Å². The molecule has 2 fully saturated rings. The molecule has 4 nitrogen and oxygen atoms in total. The van der Waals surface area contributed by atoms with Crippen molar-refractivity contribution in [3.8, 4) is 0 Å². The van der Waals surface area contributed by atoms with Crippen molar-refractivity contribution in [2.45, 2.75) is 128 Å². The van der Waals surface area contributed by atoms with E-state index in [0.29, 0.717) is 0 Å². The minimum atomic E-state index is -3.14. The number of carbonyl (C=O) groups is 2. The van der Waals surface area contributed by atoms with E-state index in [-0.39, 0.29) is 22.3 Å². The molecule has 5 heteroatoms. The Hall–Kier alpha value is -0.843. The van der Waals surface area contributed by atoms with Crippen LogP contribution in [0.1, 0.15) is 106 Å². The van der Waals surface area contributed by atoms with Crippen LogP contribution < -0.4 is 0 Å². The summed E-state index contributed by atoms with van der Waals surface area (Å²) in [5.74, 6) is 0. The van der Waals surface area contributed by atoms with Crippen LogP contribution in [-0.4, -0.2) is 30.5 Å². The molecule has 0 atom stereocenters. The summed E-state index contributed by atoms with van der Waals surface area (Å²) in [6.45, 7) is 11.4. The van der Waals surface area contributed by atoms with E-state index in [1.807, 2.05) is 41.5 Å². The third-order valence-electron chi connectivity index (χ3n) is 5.97. The molecular formula is C22H40O4Si. The number of carbonyl (C=O) groups excluding carboxylic acids is 2. The van der Waals surface area contributed by atoms with Crippen molar-refractivity contribution in [1.29, 1.82) is 0 Å². The van der Waals surface area contributed by atoms with Gasteiger partial charge in [0.1, 0.15) is 11.2 Å². The van der Waals surface area contributed by atoms with Crippen molar-refractivity contribution in [3.05, 3.63) is 0 Å². The first kappa shape index (κ1) is 22.4. The van der Waals surface area contributed by atoms with E-state index in [2.05, 4.69) is 0 Å². The third kappa shape index (κ3) is 5.58. The Morgan fingerprint density at radius 1 is 0.630 bits per heavy atom. The molecule has 0 saturated heterocycles. The summed E-state index contributed by atoms with van der Waals surface area (Å²) in [6.07, 6.45) is 10.7. The second kappa shape index (κ2) is 8.67. The summed E-state index contributed by atoms with van der Waals surface area (Å²) in [5.41, 5.74) is -1.24. The Bertz CT molecular complexity index is 469. The Morgan fingerprint density at radius 3 is 1.19 bits per heavy atom. The van der Waals surface area contributed by atoms with E-state index < -0.39 is 19.3 Å². The van der Waals surface area contributed by atoms with Gasteiger partial charge in [-0.2, -0.15) is 0 Å². The van der Waals surface area contributed by atoms with E-state index in [9.17, 15) is 9.59 Å². The molecule has 0 bridgehead atoms. The molecule has 0 aromatic carbocycles. The average molecular weight is 397 g/mol. The molecule has 0 amide bonds. The minimum absolute atomic E-state index is 0.166. The molecule has 2 rings (SSSR count). The van der Waals surface area contributed by atoms with E-state index >= 15 is 0 Å². The maximum Gasteiger partial charge on any atom is 0.317 e. The van der Waals surface area contributed by atoms with Gasteiger partial charge in [-0.3, -0.25) is 9.59 Å². The molecule has 0 aliphatic heterocycles. The summed E-state index contributed by atoms with van der Waals surface area (Å²) < 4.78 is 11.9. The van der Waals surface area contributed by atoms with Gasteiger partial charge in [-0.05, 0) is 52.6 Å². The van der Waals surface area contributed by atoms with Crippen molar-refractivity contribution in [1.82, 2.24) is 0 Å². The molecule has 27 heavy (non-hydrogen) atoms. The van der Waals surface area contributed by atoms with Gasteiger partial charge in [0.15, 0.2) is 0 Å². The standard InChI is InChI=1S/C22H40O4Si/c1-21(2,3)25-19(23)27(17-13-9-7-10-14-17,18-15-11-8-12-16-18)20(24)26-22(4,5)6/h17-18H,7-16H2,1-6H3. The SMILES string of the molecule is CC(C)(C)OC(=O)[Si](C(=O)OC(C)(C)C)(C1CCCCC1)C1CCCCC1. The van der Waals surface area contributed by atoms with Crippen LogP contribution >= 0.6 is 0 Å². The topological polar surface area (TPSA) is 52.6 Å². The summed E-state index contributed by atoms with van der Waals surface area (Å²) >= 11 is 0. The third-order valence-corrected chi connectivity index (χ3v) is 11.3. The van der Waals surface area contributed by atoms with Gasteiger partial charge in [-0.15, -0.1) is 0 Å². The predicted octanol–water partition coefficient (Wildman–Crippen LogP) is 7.14. The van der Waals surface area contributed by atoms with Crippen LogP contribution in [0.4, 0.5) is 9.59 Å². The molecule has 0 radical (unpaired) electrons. The molecule has 0 aromatic rings. The maximum absolute atomic E-state index is 13.7. The van der Waals surface area contributed by atoms with Crippen molar-refractivity contribution in [3.63, 3.8) is 0 Å². The maximum atomic E-state index is 13.7. The van der Waals surface area contributed by atoms with Gasteiger partial charge in [0, 0.05) is 0 Å². The largest absolute Gasteiger partial charge is 0.464 e. The fourth-order valence-electron chi connectivity index (χ4n) is 4.92. The first-order valence-corrected chi connectivity index (χ1v) is 13.1. The first-order chi connectivity index (χ1) is 12.5. The van der Waals surface area contributed by atoms with Gasteiger partial charge in [0.05, 0.1) is 0 Å². The second-order valence-corrected chi connectivity index (χ2v) is 14.7. The number of hydrogen-bond acceptors (Lipinski definition) is 4. The molecule has 156 valence electrons. The highest BCUT2D eigenvalue weighted by molar-refractivity contribution is 7.25. The van der Waals surface area contributed by atoms with Gasteiger partial charge in [-0.1, -0.05) is 64.2 Å². The normalized spacial score (nSPS) is 21.0. The van der Waals surface area contributed by atoms with E-state index in [4.69, 9.17) is 9.47 Å². The van der Waals surface area contributed by atoms with Gasteiger partial charge >= 0.3 is 8.07 Å². The van der Waals surface area contributed by atoms with Gasteiger partial charge < -0.3 is 9.47 Å². The van der Waals surface area contributed by atoms with Crippen molar-refractivity contribution >= 4 is 19.3 Å². The van der Waals surface area contributed by atoms with Gasteiger partial charge in [0.2, 0.25) is 0 Å². The van der Waals surface area contributed by atoms with E-state index in [1.165, 1.54) is 12.8 Å². The summed E-state index contributed by atoms with van der Waals surface area (Å²) in [7, 11) is -3.14. The van der Waals surface area contributed by atoms with E-state index in [0.717, 1.165) is 51.4 Å². The number of hydrogen-bond donors (Lipinski definition) is 0. The Kier molecular flexibility index (Phi) is 7.20. The quantitative estimate of drug-likeness (QED) is 0.474. The summed E-state index contributed by atoms with van der Waals surface area (Å²) in [6, 6.07) is 0. The van der Waals surface area contributed by atoms with Crippen LogP contribution in [0, 0.1) is 0 Å². The molecule has 2 saturated carbocycles. The highest BCUT2D eigenvalue weighted by Crippen LogP contribution is 2.50. The lowest BCUT2D eigenvalue weighted by atomic mass is 9.99. The van der Waals surface area contributed by atoms with Crippen molar-refractivity contribution in [2.24, 2.45) is 0 Å².